The molecule has 0 unspecified atom stereocenters. The van der Waals surface area contributed by atoms with E-state index in [0.717, 1.165) is 12.1 Å². The van der Waals surface area contributed by atoms with Crippen LogP contribution in [0.5, 0.6) is 0 Å². The molecule has 144 valence electrons. The van der Waals surface area contributed by atoms with Crippen molar-refractivity contribution in [2.24, 2.45) is 0 Å². The van der Waals surface area contributed by atoms with Gasteiger partial charge >= 0.3 is 0 Å². The number of hydrogen-bond acceptors (Lipinski definition) is 3. The fourth-order valence-electron chi connectivity index (χ4n) is 2.33. The molecule has 5 nitrogen and oxygen atoms in total. The van der Waals surface area contributed by atoms with Gasteiger partial charge in [-0.3, -0.25) is 9.52 Å². The van der Waals surface area contributed by atoms with Crippen LogP contribution in [0.2, 0.25) is 5.02 Å². The summed E-state index contributed by atoms with van der Waals surface area (Å²) in [6.07, 6.45) is 0. The molecule has 0 spiro atoms. The van der Waals surface area contributed by atoms with Crippen LogP contribution in [0.25, 0.3) is 0 Å². The molecule has 3 aromatic carbocycles. The van der Waals surface area contributed by atoms with E-state index in [4.69, 9.17) is 11.6 Å². The maximum absolute atomic E-state index is 13.3. The van der Waals surface area contributed by atoms with Gasteiger partial charge in [-0.2, -0.15) is 0 Å². The van der Waals surface area contributed by atoms with Gasteiger partial charge in [-0.15, -0.1) is 0 Å². The van der Waals surface area contributed by atoms with Crippen molar-refractivity contribution in [2.75, 3.05) is 10.0 Å². The van der Waals surface area contributed by atoms with Gasteiger partial charge in [0.25, 0.3) is 15.9 Å². The standard InChI is InChI=1S/C19H13ClF2N2O3S/c20-13-4-7-16(8-5-13)28(26,27)24-15-3-1-2-12(10-15)19(25)23-14-6-9-17(21)18(22)11-14/h1-11,24H,(H,23,25). The molecule has 28 heavy (non-hydrogen) atoms. The summed E-state index contributed by atoms with van der Waals surface area (Å²) < 4.78 is 53.4. The Hall–Kier alpha value is -2.97. The monoisotopic (exact) mass is 422 g/mol. The summed E-state index contributed by atoms with van der Waals surface area (Å²) >= 11 is 5.76. The number of carbonyl (C=O) groups is 1. The third-order valence-corrected chi connectivity index (χ3v) is 5.33. The van der Waals surface area contributed by atoms with E-state index in [1.807, 2.05) is 0 Å². The SMILES string of the molecule is O=C(Nc1ccc(F)c(F)c1)c1cccc(NS(=O)(=O)c2ccc(Cl)cc2)c1. The lowest BCUT2D eigenvalue weighted by atomic mass is 10.2. The highest BCUT2D eigenvalue weighted by molar-refractivity contribution is 7.92. The normalized spacial score (nSPS) is 11.1. The molecular formula is C19H13ClF2N2O3S. The highest BCUT2D eigenvalue weighted by Gasteiger charge is 2.15. The van der Waals surface area contributed by atoms with Crippen LogP contribution in [0.4, 0.5) is 20.2 Å². The number of carbonyl (C=O) groups excluding carboxylic acids is 1. The van der Waals surface area contributed by atoms with E-state index in [0.29, 0.717) is 5.02 Å². The second kappa shape index (κ2) is 7.95. The topological polar surface area (TPSA) is 75.3 Å². The smallest absolute Gasteiger partial charge is 0.261 e. The van der Waals surface area contributed by atoms with Crippen LogP contribution < -0.4 is 10.0 Å². The van der Waals surface area contributed by atoms with E-state index in [-0.39, 0.29) is 21.8 Å². The van der Waals surface area contributed by atoms with Crippen LogP contribution in [0.1, 0.15) is 10.4 Å². The Morgan fingerprint density at radius 3 is 2.25 bits per heavy atom. The molecule has 3 aromatic rings. The van der Waals surface area contributed by atoms with Gasteiger partial charge in [0, 0.05) is 28.0 Å². The van der Waals surface area contributed by atoms with Crippen LogP contribution in [0, 0.1) is 11.6 Å². The lowest BCUT2D eigenvalue weighted by Gasteiger charge is -2.10. The zero-order valence-electron chi connectivity index (χ0n) is 14.1. The average molecular weight is 423 g/mol. The highest BCUT2D eigenvalue weighted by Crippen LogP contribution is 2.20. The molecule has 0 atom stereocenters. The van der Waals surface area contributed by atoms with Crippen molar-refractivity contribution in [3.63, 3.8) is 0 Å². The van der Waals surface area contributed by atoms with Gasteiger partial charge in [0.15, 0.2) is 11.6 Å². The summed E-state index contributed by atoms with van der Waals surface area (Å²) in [5, 5.41) is 2.81. The molecule has 0 saturated carbocycles. The molecule has 3 rings (SSSR count). The molecule has 0 heterocycles. The number of hydrogen-bond donors (Lipinski definition) is 2. The van der Waals surface area contributed by atoms with Crippen molar-refractivity contribution in [3.8, 4) is 0 Å². The quantitative estimate of drug-likeness (QED) is 0.627. The molecular weight excluding hydrogens is 410 g/mol. The fourth-order valence-corrected chi connectivity index (χ4v) is 3.50. The predicted octanol–water partition coefficient (Wildman–Crippen LogP) is 4.67. The van der Waals surface area contributed by atoms with E-state index in [2.05, 4.69) is 10.0 Å². The summed E-state index contributed by atoms with van der Waals surface area (Å²) in [7, 11) is -3.87. The van der Waals surface area contributed by atoms with Gasteiger partial charge in [0.2, 0.25) is 0 Å². The largest absolute Gasteiger partial charge is 0.322 e. The Balaban J connectivity index is 1.78. The third-order valence-electron chi connectivity index (χ3n) is 3.68. The molecule has 1 amide bonds. The Morgan fingerprint density at radius 2 is 1.57 bits per heavy atom. The van der Waals surface area contributed by atoms with Crippen LogP contribution in [-0.4, -0.2) is 14.3 Å². The third kappa shape index (κ3) is 4.65. The molecule has 0 bridgehead atoms. The number of sulfonamides is 1. The van der Waals surface area contributed by atoms with Gasteiger partial charge < -0.3 is 5.32 Å². The number of benzene rings is 3. The zero-order chi connectivity index (χ0) is 20.3. The minimum Gasteiger partial charge on any atom is -0.322 e. The van der Waals surface area contributed by atoms with Crippen LogP contribution in [0.3, 0.4) is 0 Å². The number of halogens is 3. The molecule has 2 N–H and O–H groups in total. The number of rotatable bonds is 5. The van der Waals surface area contributed by atoms with E-state index in [9.17, 15) is 22.0 Å². The predicted molar refractivity (Wildman–Crippen MR) is 103 cm³/mol. The van der Waals surface area contributed by atoms with E-state index < -0.39 is 27.6 Å². The van der Waals surface area contributed by atoms with E-state index in [1.54, 1.807) is 0 Å². The first-order valence-corrected chi connectivity index (χ1v) is 9.75. The Morgan fingerprint density at radius 1 is 0.857 bits per heavy atom. The van der Waals surface area contributed by atoms with Crippen molar-refractivity contribution in [3.05, 3.63) is 89.0 Å². The lowest BCUT2D eigenvalue weighted by Crippen LogP contribution is -2.15. The van der Waals surface area contributed by atoms with Crippen LogP contribution >= 0.6 is 11.6 Å². The molecule has 0 aliphatic heterocycles. The lowest BCUT2D eigenvalue weighted by molar-refractivity contribution is 0.102. The summed E-state index contributed by atoms with van der Waals surface area (Å²) in [6.45, 7) is 0. The Kier molecular flexibility index (Phi) is 5.62. The number of amides is 1. The Bertz CT molecular complexity index is 1140. The first kappa shape index (κ1) is 19.8. The van der Waals surface area contributed by atoms with Crippen molar-refractivity contribution in [2.45, 2.75) is 4.90 Å². The van der Waals surface area contributed by atoms with Gasteiger partial charge in [0.05, 0.1) is 4.90 Å². The molecule has 0 aliphatic carbocycles. The first-order valence-electron chi connectivity index (χ1n) is 7.89. The summed E-state index contributed by atoms with van der Waals surface area (Å²) in [4.78, 5) is 12.3. The molecule has 9 heteroatoms. The Labute approximate surface area is 165 Å². The second-order valence-electron chi connectivity index (χ2n) is 5.72. The van der Waals surface area contributed by atoms with E-state index >= 15 is 0 Å². The first-order chi connectivity index (χ1) is 13.2. The minimum absolute atomic E-state index is 0.00791. The van der Waals surface area contributed by atoms with Gasteiger partial charge in [-0.1, -0.05) is 17.7 Å². The summed E-state index contributed by atoms with van der Waals surface area (Å²) in [6, 6.07) is 14.3. The van der Waals surface area contributed by atoms with Crippen molar-refractivity contribution >= 4 is 38.9 Å². The average Bonchev–Trinajstić information content (AvgIpc) is 2.65. The second-order valence-corrected chi connectivity index (χ2v) is 7.84. The number of nitrogens with one attached hydrogen (secondary N) is 2. The molecule has 0 aliphatic rings. The van der Waals surface area contributed by atoms with Crippen molar-refractivity contribution in [1.29, 1.82) is 0 Å². The van der Waals surface area contributed by atoms with Gasteiger partial charge in [-0.25, -0.2) is 17.2 Å². The molecule has 0 fully saturated rings. The van der Waals surface area contributed by atoms with Gasteiger partial charge in [-0.05, 0) is 54.6 Å². The van der Waals surface area contributed by atoms with Crippen LogP contribution in [0.15, 0.2) is 71.6 Å². The summed E-state index contributed by atoms with van der Waals surface area (Å²) in [5.74, 6) is -2.74. The summed E-state index contributed by atoms with van der Waals surface area (Å²) in [5.41, 5.74) is 0.352. The highest BCUT2D eigenvalue weighted by atomic mass is 35.5. The minimum atomic E-state index is -3.87. The van der Waals surface area contributed by atoms with Crippen LogP contribution in [-0.2, 0) is 10.0 Å². The molecule has 0 saturated heterocycles. The maximum atomic E-state index is 13.3. The molecule has 0 radical (unpaired) electrons. The fraction of sp³-hybridized carbons (Fsp3) is 0. The van der Waals surface area contributed by atoms with Crippen molar-refractivity contribution in [1.82, 2.24) is 0 Å². The number of anilines is 2. The zero-order valence-corrected chi connectivity index (χ0v) is 15.7. The van der Waals surface area contributed by atoms with Crippen molar-refractivity contribution < 1.29 is 22.0 Å². The van der Waals surface area contributed by atoms with Gasteiger partial charge in [0.1, 0.15) is 0 Å². The maximum Gasteiger partial charge on any atom is 0.261 e. The molecule has 0 aromatic heterocycles. The van der Waals surface area contributed by atoms with E-state index in [1.165, 1.54) is 54.6 Å².